The lowest BCUT2D eigenvalue weighted by atomic mass is 9.74. The molecular formula is C35H39N3O3. The van der Waals surface area contributed by atoms with E-state index in [9.17, 15) is 9.90 Å². The molecule has 6 nitrogen and oxygen atoms in total. The van der Waals surface area contributed by atoms with Gasteiger partial charge in [-0.15, -0.1) is 0 Å². The van der Waals surface area contributed by atoms with E-state index in [0.717, 1.165) is 17.8 Å². The second-order valence-corrected chi connectivity index (χ2v) is 11.6. The van der Waals surface area contributed by atoms with Gasteiger partial charge in [-0.25, -0.2) is 4.79 Å². The van der Waals surface area contributed by atoms with Crippen LogP contribution in [-0.2, 0) is 16.7 Å². The predicted octanol–water partition coefficient (Wildman–Crippen LogP) is 6.58. The summed E-state index contributed by atoms with van der Waals surface area (Å²) < 4.78 is 6.66. The van der Waals surface area contributed by atoms with Gasteiger partial charge in [-0.1, -0.05) is 97.1 Å². The lowest BCUT2D eigenvalue weighted by Gasteiger charge is -2.48. The van der Waals surface area contributed by atoms with Gasteiger partial charge >= 0.3 is 6.09 Å². The van der Waals surface area contributed by atoms with Crippen molar-refractivity contribution in [2.24, 2.45) is 0 Å². The largest absolute Gasteiger partial charge is 0.442 e. The zero-order valence-electron chi connectivity index (χ0n) is 24.1. The molecule has 1 aliphatic rings. The minimum absolute atomic E-state index is 0.487. The lowest BCUT2D eigenvalue weighted by Crippen LogP contribution is -2.52. The van der Waals surface area contributed by atoms with E-state index in [1.807, 2.05) is 26.8 Å². The summed E-state index contributed by atoms with van der Waals surface area (Å²) in [5, 5.41) is 15.5. The molecule has 6 heteroatoms. The van der Waals surface area contributed by atoms with Crippen LogP contribution >= 0.6 is 0 Å². The number of aromatic nitrogens is 2. The second-order valence-electron chi connectivity index (χ2n) is 11.6. The third-order valence-corrected chi connectivity index (χ3v) is 7.55. The number of carbonyl (C=O) groups excluding carboxylic acids is 1. The summed E-state index contributed by atoms with van der Waals surface area (Å²) in [6.45, 7) is 6.89. The molecule has 0 saturated carbocycles. The number of hydrogen-bond donors (Lipinski definition) is 1. The molecule has 0 radical (unpaired) electrons. The summed E-state index contributed by atoms with van der Waals surface area (Å²) >= 11 is 0. The zero-order chi connectivity index (χ0) is 28.9. The third-order valence-electron chi connectivity index (χ3n) is 7.55. The number of carbonyl (C=O) groups is 1. The van der Waals surface area contributed by atoms with Crippen LogP contribution in [0.4, 0.5) is 4.79 Å². The molecule has 1 saturated heterocycles. The van der Waals surface area contributed by atoms with Gasteiger partial charge in [0.2, 0.25) is 0 Å². The van der Waals surface area contributed by atoms with Gasteiger partial charge in [-0.2, -0.15) is 9.78 Å². The standard InChI is InChI=1S/C35H39N3O3/c1-34(2,3)41-33(40)38-25-22-31(36-38)21-13-14-27-26-37(24-23-32(27)39)35(28-15-7-4-8-16-28,29-17-9-5-10-18-29)30-19-11-6-12-20-30/h4-12,14-20,22,25,32,39H,13,21,23-24,26H2,1-3H3/b27-14-. The lowest BCUT2D eigenvalue weighted by molar-refractivity contribution is 0.0514. The van der Waals surface area contributed by atoms with Crippen LogP contribution in [0.2, 0.25) is 0 Å². The summed E-state index contributed by atoms with van der Waals surface area (Å²) in [5.41, 5.74) is 4.31. The number of likely N-dealkylation sites (tertiary alicyclic amines) is 1. The van der Waals surface area contributed by atoms with E-state index in [4.69, 9.17) is 4.74 Å². The SMILES string of the molecule is CC(C)(C)OC(=O)n1ccc(CC/C=C2/CN(C(c3ccccc3)(c3ccccc3)c3ccccc3)CCC2O)n1. The summed E-state index contributed by atoms with van der Waals surface area (Å²) in [4.78, 5) is 14.8. The molecule has 212 valence electrons. The Bertz CT molecular complexity index is 1360. The maximum Gasteiger partial charge on any atom is 0.435 e. The van der Waals surface area contributed by atoms with E-state index >= 15 is 0 Å². The van der Waals surface area contributed by atoms with Crippen molar-refractivity contribution in [3.63, 3.8) is 0 Å². The smallest absolute Gasteiger partial charge is 0.435 e. The Balaban J connectivity index is 1.43. The molecule has 0 aliphatic carbocycles. The zero-order valence-corrected chi connectivity index (χ0v) is 24.1. The van der Waals surface area contributed by atoms with E-state index in [0.29, 0.717) is 25.8 Å². The highest BCUT2D eigenvalue weighted by Gasteiger charge is 2.44. The topological polar surface area (TPSA) is 67.6 Å². The van der Waals surface area contributed by atoms with Crippen molar-refractivity contribution < 1.29 is 14.6 Å². The van der Waals surface area contributed by atoms with Gasteiger partial charge in [0.05, 0.1) is 17.3 Å². The molecule has 4 aromatic rings. The Kier molecular flexibility index (Phi) is 8.52. The minimum atomic E-state index is -0.578. The number of rotatable bonds is 7. The van der Waals surface area contributed by atoms with Crippen molar-refractivity contribution in [3.05, 3.63) is 137 Å². The van der Waals surface area contributed by atoms with Gasteiger partial charge in [-0.05, 0) is 68.4 Å². The maximum atomic E-state index is 12.3. The second kappa shape index (κ2) is 12.2. The van der Waals surface area contributed by atoms with Crippen LogP contribution in [0.15, 0.2) is 115 Å². The average Bonchev–Trinajstić information content (AvgIpc) is 3.45. The highest BCUT2D eigenvalue weighted by Crippen LogP contribution is 2.44. The first-order chi connectivity index (χ1) is 19.8. The van der Waals surface area contributed by atoms with Crippen molar-refractivity contribution in [2.45, 2.75) is 57.3 Å². The number of benzene rings is 3. The van der Waals surface area contributed by atoms with Gasteiger partial charge in [0.15, 0.2) is 0 Å². The molecule has 1 unspecified atom stereocenters. The molecule has 0 bridgehead atoms. The Morgan fingerprint density at radius 2 is 1.44 bits per heavy atom. The van der Waals surface area contributed by atoms with E-state index < -0.39 is 23.3 Å². The first-order valence-electron chi connectivity index (χ1n) is 14.3. The van der Waals surface area contributed by atoms with Crippen LogP contribution in [0.3, 0.4) is 0 Å². The molecule has 0 spiro atoms. The number of hydrogen-bond acceptors (Lipinski definition) is 5. The Hall–Kier alpha value is -4.00. The molecule has 1 aliphatic heterocycles. The fourth-order valence-electron chi connectivity index (χ4n) is 5.75. The summed E-state index contributed by atoms with van der Waals surface area (Å²) in [6.07, 6.45) is 4.82. The molecule has 5 rings (SSSR count). The third kappa shape index (κ3) is 6.34. The van der Waals surface area contributed by atoms with Crippen LogP contribution in [0.25, 0.3) is 0 Å². The van der Waals surface area contributed by atoms with Crippen molar-refractivity contribution in [1.82, 2.24) is 14.7 Å². The highest BCUT2D eigenvalue weighted by molar-refractivity contribution is 5.69. The van der Waals surface area contributed by atoms with Crippen molar-refractivity contribution >= 4 is 6.09 Å². The molecular weight excluding hydrogens is 510 g/mol. The van der Waals surface area contributed by atoms with Crippen molar-refractivity contribution in [1.29, 1.82) is 0 Å². The molecule has 2 heterocycles. The van der Waals surface area contributed by atoms with Crippen LogP contribution in [0, 0.1) is 0 Å². The Morgan fingerprint density at radius 1 is 0.902 bits per heavy atom. The molecule has 41 heavy (non-hydrogen) atoms. The van der Waals surface area contributed by atoms with Crippen LogP contribution in [0.5, 0.6) is 0 Å². The molecule has 1 N–H and O–H groups in total. The first-order valence-corrected chi connectivity index (χ1v) is 14.3. The van der Waals surface area contributed by atoms with Gasteiger partial charge in [0, 0.05) is 19.3 Å². The molecule has 1 aromatic heterocycles. The monoisotopic (exact) mass is 549 g/mol. The number of nitrogens with zero attached hydrogens (tertiary/aromatic N) is 3. The van der Waals surface area contributed by atoms with Crippen LogP contribution < -0.4 is 0 Å². The number of aliphatic hydroxyl groups excluding tert-OH is 1. The van der Waals surface area contributed by atoms with Gasteiger partial charge in [0.25, 0.3) is 0 Å². The van der Waals surface area contributed by atoms with Crippen molar-refractivity contribution in [3.8, 4) is 0 Å². The summed E-state index contributed by atoms with van der Waals surface area (Å²) in [7, 11) is 0. The number of allylic oxidation sites excluding steroid dienone is 1. The maximum absolute atomic E-state index is 12.3. The summed E-state index contributed by atoms with van der Waals surface area (Å²) in [6, 6.07) is 33.8. The van der Waals surface area contributed by atoms with Crippen molar-refractivity contribution in [2.75, 3.05) is 13.1 Å². The van der Waals surface area contributed by atoms with E-state index in [-0.39, 0.29) is 0 Å². The predicted molar refractivity (Wildman–Crippen MR) is 162 cm³/mol. The molecule has 1 fully saturated rings. The fourth-order valence-corrected chi connectivity index (χ4v) is 5.75. The molecule has 0 amide bonds. The average molecular weight is 550 g/mol. The molecule has 3 aromatic carbocycles. The summed E-state index contributed by atoms with van der Waals surface area (Å²) in [5.74, 6) is 0. The number of aryl methyl sites for hydroxylation is 1. The van der Waals surface area contributed by atoms with E-state index in [1.165, 1.54) is 21.4 Å². The molecule has 1 atom stereocenters. The fraction of sp³-hybridized carbons (Fsp3) is 0.314. The minimum Gasteiger partial charge on any atom is -0.442 e. The van der Waals surface area contributed by atoms with Crippen LogP contribution in [0.1, 0.15) is 56.0 Å². The van der Waals surface area contributed by atoms with Gasteiger partial charge < -0.3 is 9.84 Å². The van der Waals surface area contributed by atoms with Crippen LogP contribution in [-0.4, -0.2) is 50.7 Å². The quantitative estimate of drug-likeness (QED) is 0.208. The van der Waals surface area contributed by atoms with E-state index in [2.05, 4.69) is 107 Å². The Morgan fingerprint density at radius 3 is 1.95 bits per heavy atom. The first kappa shape index (κ1) is 28.5. The number of aliphatic hydroxyl groups is 1. The van der Waals surface area contributed by atoms with E-state index in [1.54, 1.807) is 6.20 Å². The normalized spacial score (nSPS) is 17.5. The number of piperidine rings is 1. The number of ether oxygens (including phenoxy) is 1. The highest BCUT2D eigenvalue weighted by atomic mass is 16.6. The Labute approximate surface area is 242 Å². The van der Waals surface area contributed by atoms with Gasteiger partial charge in [-0.3, -0.25) is 4.90 Å². The van der Waals surface area contributed by atoms with Gasteiger partial charge in [0.1, 0.15) is 5.60 Å².